The van der Waals surface area contributed by atoms with Gasteiger partial charge in [-0.1, -0.05) is 29.8 Å². The Morgan fingerprint density at radius 3 is 2.63 bits per heavy atom. The van der Waals surface area contributed by atoms with Gasteiger partial charge in [-0.25, -0.2) is 0 Å². The molecule has 4 nitrogen and oxygen atoms in total. The first-order chi connectivity index (χ1) is 9.08. The molecule has 2 aromatic rings. The van der Waals surface area contributed by atoms with Crippen LogP contribution in [0.1, 0.15) is 11.1 Å². The summed E-state index contributed by atoms with van der Waals surface area (Å²) in [6, 6.07) is 11.9. The van der Waals surface area contributed by atoms with Crippen molar-refractivity contribution in [3.05, 3.63) is 68.7 Å². The molecule has 96 valence electrons. The Hall–Kier alpha value is -2.20. The van der Waals surface area contributed by atoms with E-state index >= 15 is 0 Å². The molecule has 0 fully saturated rings. The van der Waals surface area contributed by atoms with E-state index in [1.165, 1.54) is 12.1 Å². The maximum Gasteiger partial charge on any atom is 0.269 e. The summed E-state index contributed by atoms with van der Waals surface area (Å²) in [6.07, 6.45) is 1.65. The number of hydrogen-bond acceptors (Lipinski definition) is 3. The van der Waals surface area contributed by atoms with Crippen molar-refractivity contribution in [1.82, 2.24) is 0 Å². The molecule has 0 spiro atoms. The van der Waals surface area contributed by atoms with Crippen LogP contribution in [-0.4, -0.2) is 11.1 Å². The zero-order valence-corrected chi connectivity index (χ0v) is 11.0. The van der Waals surface area contributed by atoms with Crippen LogP contribution in [0.4, 0.5) is 11.4 Å². The molecule has 2 aromatic carbocycles. The van der Waals surface area contributed by atoms with Gasteiger partial charge in [0, 0.05) is 28.9 Å². The first kappa shape index (κ1) is 13.2. The normalized spacial score (nSPS) is 10.8. The van der Waals surface area contributed by atoms with Gasteiger partial charge in [0.2, 0.25) is 0 Å². The maximum absolute atomic E-state index is 10.6. The maximum atomic E-state index is 10.6. The minimum Gasteiger partial charge on any atom is -0.258 e. The van der Waals surface area contributed by atoms with Crippen LogP contribution >= 0.6 is 11.6 Å². The highest BCUT2D eigenvalue weighted by Crippen LogP contribution is 2.24. The van der Waals surface area contributed by atoms with Gasteiger partial charge in [0.25, 0.3) is 5.69 Å². The molecule has 0 saturated heterocycles. The van der Waals surface area contributed by atoms with Crippen LogP contribution in [0.3, 0.4) is 0 Å². The number of nitrogens with zero attached hydrogens (tertiary/aromatic N) is 2. The predicted molar refractivity (Wildman–Crippen MR) is 76.5 cm³/mol. The number of aliphatic imine (C=N–C) groups is 1. The summed E-state index contributed by atoms with van der Waals surface area (Å²) in [6.45, 7) is 1.78. The first-order valence-electron chi connectivity index (χ1n) is 5.61. The van der Waals surface area contributed by atoms with Crippen LogP contribution in [0.2, 0.25) is 5.02 Å². The van der Waals surface area contributed by atoms with Crippen molar-refractivity contribution in [1.29, 1.82) is 0 Å². The second kappa shape index (κ2) is 5.63. The third-order valence-electron chi connectivity index (χ3n) is 2.64. The lowest BCUT2D eigenvalue weighted by Gasteiger charge is -2.00. The highest BCUT2D eigenvalue weighted by molar-refractivity contribution is 6.33. The quantitative estimate of drug-likeness (QED) is 0.476. The topological polar surface area (TPSA) is 55.5 Å². The minimum absolute atomic E-state index is 0.0641. The Labute approximate surface area is 115 Å². The van der Waals surface area contributed by atoms with Gasteiger partial charge in [0.05, 0.1) is 10.6 Å². The van der Waals surface area contributed by atoms with Gasteiger partial charge in [0.1, 0.15) is 0 Å². The number of nitro groups is 1. The van der Waals surface area contributed by atoms with Gasteiger partial charge in [0.15, 0.2) is 0 Å². The van der Waals surface area contributed by atoms with Crippen molar-refractivity contribution >= 4 is 29.2 Å². The fourth-order valence-electron chi connectivity index (χ4n) is 1.62. The average Bonchev–Trinajstić information content (AvgIpc) is 2.39. The van der Waals surface area contributed by atoms with E-state index < -0.39 is 4.92 Å². The van der Waals surface area contributed by atoms with Crippen molar-refractivity contribution in [3.8, 4) is 0 Å². The van der Waals surface area contributed by atoms with E-state index in [9.17, 15) is 10.1 Å². The lowest BCUT2D eigenvalue weighted by atomic mass is 10.2. The molecule has 0 atom stereocenters. The largest absolute Gasteiger partial charge is 0.269 e. The van der Waals surface area contributed by atoms with Crippen molar-refractivity contribution in [2.75, 3.05) is 0 Å². The van der Waals surface area contributed by atoms with Gasteiger partial charge >= 0.3 is 0 Å². The summed E-state index contributed by atoms with van der Waals surface area (Å²) in [4.78, 5) is 14.5. The van der Waals surface area contributed by atoms with Crippen molar-refractivity contribution in [2.24, 2.45) is 4.99 Å². The number of aryl methyl sites for hydroxylation is 1. The van der Waals surface area contributed by atoms with Gasteiger partial charge in [-0.2, -0.15) is 0 Å². The molecule has 0 aromatic heterocycles. The SMILES string of the molecule is Cc1cc([N+](=O)[O-])ccc1N=Cc1ccccc1Cl. The summed E-state index contributed by atoms with van der Waals surface area (Å²) in [5, 5.41) is 11.3. The number of benzene rings is 2. The fourth-order valence-corrected chi connectivity index (χ4v) is 1.80. The van der Waals surface area contributed by atoms with Crippen LogP contribution in [0, 0.1) is 17.0 Å². The van der Waals surface area contributed by atoms with Crippen LogP contribution in [-0.2, 0) is 0 Å². The summed E-state index contributed by atoms with van der Waals surface area (Å²) >= 11 is 6.02. The summed E-state index contributed by atoms with van der Waals surface area (Å²) in [5.41, 5.74) is 2.30. The molecule has 0 aliphatic heterocycles. The standard InChI is InChI=1S/C14H11ClN2O2/c1-10-8-12(17(18)19)6-7-14(10)16-9-11-4-2-3-5-13(11)15/h2-9H,1H3. The molecule has 0 aliphatic carbocycles. The molecular formula is C14H11ClN2O2. The Morgan fingerprint density at radius 2 is 2.00 bits per heavy atom. The molecule has 0 unspecified atom stereocenters. The zero-order chi connectivity index (χ0) is 13.8. The highest BCUT2D eigenvalue weighted by atomic mass is 35.5. The molecule has 0 saturated carbocycles. The van der Waals surface area contributed by atoms with Crippen LogP contribution in [0.15, 0.2) is 47.5 Å². The Morgan fingerprint density at radius 1 is 1.26 bits per heavy atom. The lowest BCUT2D eigenvalue weighted by molar-refractivity contribution is -0.384. The van der Waals surface area contributed by atoms with E-state index in [0.717, 1.165) is 11.1 Å². The Kier molecular flexibility index (Phi) is 3.92. The van der Waals surface area contributed by atoms with E-state index in [0.29, 0.717) is 10.7 Å². The molecule has 19 heavy (non-hydrogen) atoms. The van der Waals surface area contributed by atoms with E-state index in [4.69, 9.17) is 11.6 Å². The van der Waals surface area contributed by atoms with Gasteiger partial charge in [-0.05, 0) is 24.6 Å². The number of hydrogen-bond donors (Lipinski definition) is 0. The van der Waals surface area contributed by atoms with E-state index in [1.54, 1.807) is 25.3 Å². The molecule has 5 heteroatoms. The molecule has 0 amide bonds. The molecule has 0 N–H and O–H groups in total. The number of rotatable bonds is 3. The van der Waals surface area contributed by atoms with Gasteiger partial charge in [-0.3, -0.25) is 15.1 Å². The number of nitro benzene ring substituents is 1. The predicted octanol–water partition coefficient (Wildman–Crippen LogP) is 4.31. The van der Waals surface area contributed by atoms with Crippen LogP contribution in [0.5, 0.6) is 0 Å². The number of non-ortho nitro benzene ring substituents is 1. The average molecular weight is 275 g/mol. The summed E-state index contributed by atoms with van der Waals surface area (Å²) in [5.74, 6) is 0. The Bertz CT molecular complexity index is 654. The first-order valence-corrected chi connectivity index (χ1v) is 5.99. The Balaban J connectivity index is 2.29. The highest BCUT2D eigenvalue weighted by Gasteiger charge is 2.07. The molecule has 2 rings (SSSR count). The molecule has 0 bridgehead atoms. The van der Waals surface area contributed by atoms with E-state index in [1.807, 2.05) is 18.2 Å². The number of halogens is 1. The van der Waals surface area contributed by atoms with Crippen LogP contribution in [0.25, 0.3) is 0 Å². The van der Waals surface area contributed by atoms with Crippen LogP contribution < -0.4 is 0 Å². The minimum atomic E-state index is -0.422. The zero-order valence-electron chi connectivity index (χ0n) is 10.2. The second-order valence-electron chi connectivity index (χ2n) is 4.01. The summed E-state index contributed by atoms with van der Waals surface area (Å²) in [7, 11) is 0. The molecule has 0 aliphatic rings. The third kappa shape index (κ3) is 3.17. The van der Waals surface area contributed by atoms with E-state index in [2.05, 4.69) is 4.99 Å². The van der Waals surface area contributed by atoms with Crippen molar-refractivity contribution in [3.63, 3.8) is 0 Å². The lowest BCUT2D eigenvalue weighted by Crippen LogP contribution is -1.88. The van der Waals surface area contributed by atoms with Gasteiger partial charge in [-0.15, -0.1) is 0 Å². The van der Waals surface area contributed by atoms with Gasteiger partial charge < -0.3 is 0 Å². The molecule has 0 heterocycles. The fraction of sp³-hybridized carbons (Fsp3) is 0.0714. The van der Waals surface area contributed by atoms with Crippen molar-refractivity contribution in [2.45, 2.75) is 6.92 Å². The van der Waals surface area contributed by atoms with E-state index in [-0.39, 0.29) is 5.69 Å². The third-order valence-corrected chi connectivity index (χ3v) is 2.98. The molecule has 0 radical (unpaired) electrons. The molecular weight excluding hydrogens is 264 g/mol. The second-order valence-corrected chi connectivity index (χ2v) is 4.41. The monoisotopic (exact) mass is 274 g/mol. The summed E-state index contributed by atoms with van der Waals surface area (Å²) < 4.78 is 0. The van der Waals surface area contributed by atoms with Crippen molar-refractivity contribution < 1.29 is 4.92 Å². The smallest absolute Gasteiger partial charge is 0.258 e.